The predicted octanol–water partition coefficient (Wildman–Crippen LogP) is 3.04. The number of aromatic nitrogens is 1. The minimum absolute atomic E-state index is 0.243. The van der Waals surface area contributed by atoms with E-state index >= 15 is 0 Å². The molecule has 1 unspecified atom stereocenters. The van der Waals surface area contributed by atoms with Crippen molar-refractivity contribution in [1.82, 2.24) is 4.98 Å². The number of nitrogens with one attached hydrogen (secondary N) is 1. The van der Waals surface area contributed by atoms with Crippen LogP contribution in [0.4, 0.5) is 9.52 Å². The molecule has 0 radical (unpaired) electrons. The monoisotopic (exact) mass is 266 g/mol. The zero-order valence-corrected chi connectivity index (χ0v) is 11.1. The maximum absolute atomic E-state index is 13.4. The lowest BCUT2D eigenvalue weighted by molar-refractivity contribution is 0.186. The van der Waals surface area contributed by atoms with Crippen molar-refractivity contribution in [2.45, 2.75) is 20.0 Å². The Morgan fingerprint density at radius 3 is 2.72 bits per heavy atom. The number of nitrogens with zero attached hydrogens (tertiary/aromatic N) is 1. The molecule has 1 heterocycles. The summed E-state index contributed by atoms with van der Waals surface area (Å²) >= 11 is 1.53. The first kappa shape index (κ1) is 13.0. The molecule has 0 aliphatic heterocycles. The lowest BCUT2D eigenvalue weighted by Crippen LogP contribution is -2.13. The number of rotatable bonds is 4. The van der Waals surface area contributed by atoms with Crippen LogP contribution in [0.5, 0.6) is 0 Å². The van der Waals surface area contributed by atoms with Crippen LogP contribution in [0, 0.1) is 19.7 Å². The van der Waals surface area contributed by atoms with E-state index in [1.807, 2.05) is 13.8 Å². The molecule has 96 valence electrons. The standard InChI is InChI=1S/C13H15FN2OS/c1-8-9(2)18-13(16-8)15-7-12(17)10-5-3-4-6-11(10)14/h3-6,12,17H,7H2,1-2H3,(H,15,16). The van der Waals surface area contributed by atoms with Gasteiger partial charge in [0.25, 0.3) is 0 Å². The van der Waals surface area contributed by atoms with Gasteiger partial charge in [-0.3, -0.25) is 0 Å². The van der Waals surface area contributed by atoms with E-state index in [1.54, 1.807) is 18.2 Å². The molecular formula is C13H15FN2OS. The number of aliphatic hydroxyl groups is 1. The van der Waals surface area contributed by atoms with Crippen LogP contribution in [0.15, 0.2) is 24.3 Å². The fraction of sp³-hybridized carbons (Fsp3) is 0.308. The summed E-state index contributed by atoms with van der Waals surface area (Å²) in [6.07, 6.45) is -0.879. The number of thiazole rings is 1. The van der Waals surface area contributed by atoms with Gasteiger partial charge in [0, 0.05) is 17.0 Å². The number of hydrogen-bond acceptors (Lipinski definition) is 4. The van der Waals surface area contributed by atoms with Crippen molar-refractivity contribution in [1.29, 1.82) is 0 Å². The summed E-state index contributed by atoms with van der Waals surface area (Å²) in [5, 5.41) is 13.7. The molecular weight excluding hydrogens is 251 g/mol. The lowest BCUT2D eigenvalue weighted by Gasteiger charge is -2.12. The molecule has 0 aliphatic carbocycles. The SMILES string of the molecule is Cc1nc(NCC(O)c2ccccc2F)sc1C. The molecule has 1 aromatic heterocycles. The first-order valence-corrected chi connectivity index (χ1v) is 6.50. The summed E-state index contributed by atoms with van der Waals surface area (Å²) in [5.74, 6) is -0.390. The van der Waals surface area contributed by atoms with E-state index in [9.17, 15) is 9.50 Å². The minimum atomic E-state index is -0.879. The number of aliphatic hydroxyl groups excluding tert-OH is 1. The van der Waals surface area contributed by atoms with Gasteiger partial charge < -0.3 is 10.4 Å². The van der Waals surface area contributed by atoms with E-state index in [0.717, 1.165) is 15.7 Å². The first-order valence-electron chi connectivity index (χ1n) is 5.68. The fourth-order valence-corrected chi connectivity index (χ4v) is 2.41. The largest absolute Gasteiger partial charge is 0.386 e. The lowest BCUT2D eigenvalue weighted by atomic mass is 10.1. The second-order valence-electron chi connectivity index (χ2n) is 4.08. The molecule has 0 saturated heterocycles. The van der Waals surface area contributed by atoms with Gasteiger partial charge in [-0.25, -0.2) is 9.37 Å². The van der Waals surface area contributed by atoms with Gasteiger partial charge in [-0.15, -0.1) is 11.3 Å². The third-order valence-corrected chi connectivity index (χ3v) is 3.77. The second-order valence-corrected chi connectivity index (χ2v) is 5.28. The quantitative estimate of drug-likeness (QED) is 0.894. The van der Waals surface area contributed by atoms with E-state index in [2.05, 4.69) is 10.3 Å². The van der Waals surface area contributed by atoms with Gasteiger partial charge in [-0.05, 0) is 19.9 Å². The van der Waals surface area contributed by atoms with Crippen LogP contribution in [-0.2, 0) is 0 Å². The maximum atomic E-state index is 13.4. The van der Waals surface area contributed by atoms with Crippen molar-refractivity contribution >= 4 is 16.5 Å². The molecule has 2 N–H and O–H groups in total. The van der Waals surface area contributed by atoms with Crippen molar-refractivity contribution in [2.75, 3.05) is 11.9 Å². The van der Waals surface area contributed by atoms with Crippen LogP contribution in [-0.4, -0.2) is 16.6 Å². The van der Waals surface area contributed by atoms with E-state index in [0.29, 0.717) is 5.56 Å². The normalized spacial score (nSPS) is 12.4. The number of aryl methyl sites for hydroxylation is 2. The molecule has 3 nitrogen and oxygen atoms in total. The molecule has 1 atom stereocenters. The summed E-state index contributed by atoms with van der Waals surface area (Å²) in [6.45, 7) is 4.17. The van der Waals surface area contributed by atoms with Gasteiger partial charge in [-0.2, -0.15) is 0 Å². The molecule has 1 aromatic carbocycles. The Balaban J connectivity index is 2.00. The van der Waals surface area contributed by atoms with Crippen molar-refractivity contribution in [3.05, 3.63) is 46.2 Å². The average molecular weight is 266 g/mol. The van der Waals surface area contributed by atoms with E-state index in [1.165, 1.54) is 17.4 Å². The summed E-state index contributed by atoms with van der Waals surface area (Å²) in [4.78, 5) is 5.44. The summed E-state index contributed by atoms with van der Waals surface area (Å²) < 4.78 is 13.4. The smallest absolute Gasteiger partial charge is 0.183 e. The Hall–Kier alpha value is -1.46. The highest BCUT2D eigenvalue weighted by Gasteiger charge is 2.12. The summed E-state index contributed by atoms with van der Waals surface area (Å²) in [7, 11) is 0. The number of benzene rings is 1. The molecule has 0 bridgehead atoms. The van der Waals surface area contributed by atoms with Gasteiger partial charge in [0.2, 0.25) is 0 Å². The third-order valence-electron chi connectivity index (χ3n) is 2.74. The highest BCUT2D eigenvalue weighted by Crippen LogP contribution is 2.23. The zero-order chi connectivity index (χ0) is 13.1. The van der Waals surface area contributed by atoms with Gasteiger partial charge in [-0.1, -0.05) is 18.2 Å². The number of anilines is 1. The Kier molecular flexibility index (Phi) is 3.93. The summed E-state index contributed by atoms with van der Waals surface area (Å²) in [6, 6.07) is 6.24. The highest BCUT2D eigenvalue weighted by atomic mass is 32.1. The van der Waals surface area contributed by atoms with Crippen LogP contribution < -0.4 is 5.32 Å². The second kappa shape index (κ2) is 5.46. The Bertz CT molecular complexity index is 522. The van der Waals surface area contributed by atoms with Crippen molar-refractivity contribution < 1.29 is 9.50 Å². The summed E-state index contributed by atoms with van der Waals surface area (Å²) in [5.41, 5.74) is 1.28. The number of hydrogen-bond donors (Lipinski definition) is 2. The first-order chi connectivity index (χ1) is 8.58. The van der Waals surface area contributed by atoms with E-state index in [-0.39, 0.29) is 6.54 Å². The van der Waals surface area contributed by atoms with Gasteiger partial charge in [0.05, 0.1) is 11.8 Å². The van der Waals surface area contributed by atoms with Gasteiger partial charge >= 0.3 is 0 Å². The van der Waals surface area contributed by atoms with Crippen LogP contribution >= 0.6 is 11.3 Å². The van der Waals surface area contributed by atoms with Gasteiger partial charge in [0.15, 0.2) is 5.13 Å². The number of halogens is 1. The topological polar surface area (TPSA) is 45.2 Å². The van der Waals surface area contributed by atoms with E-state index < -0.39 is 11.9 Å². The Labute approximate surface area is 109 Å². The molecule has 0 amide bonds. The van der Waals surface area contributed by atoms with Crippen LogP contribution in [0.1, 0.15) is 22.2 Å². The molecule has 0 saturated carbocycles. The van der Waals surface area contributed by atoms with Crippen LogP contribution in [0.3, 0.4) is 0 Å². The van der Waals surface area contributed by atoms with Crippen molar-refractivity contribution in [3.8, 4) is 0 Å². The van der Waals surface area contributed by atoms with Gasteiger partial charge in [0.1, 0.15) is 5.82 Å². The third kappa shape index (κ3) is 2.86. The highest BCUT2D eigenvalue weighted by molar-refractivity contribution is 7.15. The Morgan fingerprint density at radius 1 is 1.39 bits per heavy atom. The minimum Gasteiger partial charge on any atom is -0.386 e. The Morgan fingerprint density at radius 2 is 2.11 bits per heavy atom. The molecule has 5 heteroatoms. The molecule has 0 aliphatic rings. The molecule has 2 rings (SSSR count). The van der Waals surface area contributed by atoms with Crippen LogP contribution in [0.2, 0.25) is 0 Å². The molecule has 18 heavy (non-hydrogen) atoms. The van der Waals surface area contributed by atoms with Crippen LogP contribution in [0.25, 0.3) is 0 Å². The zero-order valence-electron chi connectivity index (χ0n) is 10.3. The maximum Gasteiger partial charge on any atom is 0.183 e. The molecule has 0 spiro atoms. The average Bonchev–Trinajstić information content (AvgIpc) is 2.66. The van der Waals surface area contributed by atoms with Crippen molar-refractivity contribution in [3.63, 3.8) is 0 Å². The predicted molar refractivity (Wildman–Crippen MR) is 71.4 cm³/mol. The molecule has 0 fully saturated rings. The van der Waals surface area contributed by atoms with Crippen molar-refractivity contribution in [2.24, 2.45) is 0 Å². The molecule has 2 aromatic rings. The van der Waals surface area contributed by atoms with E-state index in [4.69, 9.17) is 0 Å². The fourth-order valence-electron chi connectivity index (χ4n) is 1.59.